The fourth-order valence-electron chi connectivity index (χ4n) is 1.82. The van der Waals surface area contributed by atoms with Gasteiger partial charge in [-0.3, -0.25) is 0 Å². The lowest BCUT2D eigenvalue weighted by molar-refractivity contribution is 0.354. The lowest BCUT2D eigenvalue weighted by Gasteiger charge is -2.22. The Bertz CT molecular complexity index is 602. The molecule has 102 valence electrons. The van der Waals surface area contributed by atoms with Gasteiger partial charge in [0.2, 0.25) is 5.88 Å². The van der Waals surface area contributed by atoms with Crippen LogP contribution in [0.4, 0.5) is 11.5 Å². The van der Waals surface area contributed by atoms with Crippen molar-refractivity contribution in [1.29, 1.82) is 0 Å². The number of para-hydroxylation sites is 1. The first-order valence-corrected chi connectivity index (χ1v) is 6.52. The standard InChI is InChI=1S/C16H17N3O/c1-3-5-11-20-16-12-15(17-13-18-16)19(4-2)14-9-7-6-8-10-14/h6-10,12-13H,4,11H2,1-2H3. The molecule has 1 aromatic heterocycles. The molecule has 0 saturated heterocycles. The number of ether oxygens (including phenoxy) is 1. The highest BCUT2D eigenvalue weighted by Crippen LogP contribution is 2.24. The molecule has 0 atom stereocenters. The van der Waals surface area contributed by atoms with Crippen LogP contribution < -0.4 is 9.64 Å². The van der Waals surface area contributed by atoms with Crippen LogP contribution in [0.3, 0.4) is 0 Å². The maximum atomic E-state index is 5.47. The molecule has 0 amide bonds. The molecule has 0 aliphatic carbocycles. The van der Waals surface area contributed by atoms with Gasteiger partial charge in [-0.05, 0) is 26.0 Å². The van der Waals surface area contributed by atoms with Gasteiger partial charge >= 0.3 is 0 Å². The third kappa shape index (κ3) is 3.48. The molecule has 0 bridgehead atoms. The highest BCUT2D eigenvalue weighted by atomic mass is 16.5. The Hall–Kier alpha value is -2.54. The molecule has 2 aromatic rings. The highest BCUT2D eigenvalue weighted by molar-refractivity contribution is 5.60. The van der Waals surface area contributed by atoms with Gasteiger partial charge in [0.1, 0.15) is 12.1 Å². The smallest absolute Gasteiger partial charge is 0.219 e. The molecule has 1 heterocycles. The third-order valence-corrected chi connectivity index (χ3v) is 2.76. The van der Waals surface area contributed by atoms with Crippen molar-refractivity contribution in [3.05, 3.63) is 42.7 Å². The van der Waals surface area contributed by atoms with Crippen LogP contribution in [-0.4, -0.2) is 23.1 Å². The van der Waals surface area contributed by atoms with Gasteiger partial charge in [0.25, 0.3) is 0 Å². The van der Waals surface area contributed by atoms with E-state index in [1.165, 1.54) is 6.33 Å². The van der Waals surface area contributed by atoms with Crippen LogP contribution in [0, 0.1) is 11.8 Å². The Kier molecular flexibility index (Phi) is 4.96. The third-order valence-electron chi connectivity index (χ3n) is 2.76. The van der Waals surface area contributed by atoms with E-state index in [-0.39, 0.29) is 0 Å². The zero-order valence-electron chi connectivity index (χ0n) is 11.7. The van der Waals surface area contributed by atoms with E-state index in [2.05, 4.69) is 45.8 Å². The number of rotatable bonds is 5. The second-order valence-corrected chi connectivity index (χ2v) is 4.01. The zero-order chi connectivity index (χ0) is 14.2. The molecule has 0 saturated carbocycles. The van der Waals surface area contributed by atoms with Gasteiger partial charge in [-0.25, -0.2) is 9.97 Å². The molecule has 4 heteroatoms. The number of nitrogens with zero attached hydrogens (tertiary/aromatic N) is 3. The van der Waals surface area contributed by atoms with E-state index in [9.17, 15) is 0 Å². The summed E-state index contributed by atoms with van der Waals surface area (Å²) in [4.78, 5) is 10.5. The fourth-order valence-corrected chi connectivity index (χ4v) is 1.82. The minimum absolute atomic E-state index is 0.338. The van der Waals surface area contributed by atoms with Gasteiger partial charge in [0.05, 0.1) is 0 Å². The molecule has 0 fully saturated rings. The van der Waals surface area contributed by atoms with E-state index in [0.717, 1.165) is 18.1 Å². The van der Waals surface area contributed by atoms with Crippen LogP contribution in [0.1, 0.15) is 13.8 Å². The van der Waals surface area contributed by atoms with Crippen molar-refractivity contribution in [2.45, 2.75) is 13.8 Å². The molecule has 0 unspecified atom stereocenters. The van der Waals surface area contributed by atoms with Crippen molar-refractivity contribution < 1.29 is 4.74 Å². The second kappa shape index (κ2) is 7.15. The number of anilines is 2. The van der Waals surface area contributed by atoms with Crippen molar-refractivity contribution >= 4 is 11.5 Å². The summed E-state index contributed by atoms with van der Waals surface area (Å²) in [6.07, 6.45) is 1.51. The van der Waals surface area contributed by atoms with E-state index in [1.807, 2.05) is 24.3 Å². The van der Waals surface area contributed by atoms with Gasteiger partial charge in [0.15, 0.2) is 6.61 Å². The fraction of sp³-hybridized carbons (Fsp3) is 0.250. The molecule has 4 nitrogen and oxygen atoms in total. The number of hydrogen-bond acceptors (Lipinski definition) is 4. The number of benzene rings is 1. The lowest BCUT2D eigenvalue weighted by Crippen LogP contribution is -2.17. The van der Waals surface area contributed by atoms with Crippen LogP contribution in [0.25, 0.3) is 0 Å². The van der Waals surface area contributed by atoms with Crippen molar-refractivity contribution in [3.8, 4) is 17.7 Å². The number of aromatic nitrogens is 2. The maximum Gasteiger partial charge on any atom is 0.219 e. The average Bonchev–Trinajstić information content (AvgIpc) is 2.50. The molecule has 0 spiro atoms. The maximum absolute atomic E-state index is 5.47. The predicted octanol–water partition coefficient (Wildman–Crippen LogP) is 3.04. The molecule has 1 aromatic carbocycles. The van der Waals surface area contributed by atoms with Crippen LogP contribution in [0.15, 0.2) is 42.7 Å². The molecule has 2 rings (SSSR count). The van der Waals surface area contributed by atoms with Gasteiger partial charge in [-0.2, -0.15) is 0 Å². The summed E-state index contributed by atoms with van der Waals surface area (Å²) >= 11 is 0. The predicted molar refractivity (Wildman–Crippen MR) is 80.1 cm³/mol. The SMILES string of the molecule is CC#CCOc1cc(N(CC)c2ccccc2)ncn1. The van der Waals surface area contributed by atoms with Crippen LogP contribution >= 0.6 is 0 Å². The Morgan fingerprint density at radius 1 is 1.20 bits per heavy atom. The van der Waals surface area contributed by atoms with E-state index >= 15 is 0 Å². The minimum atomic E-state index is 0.338. The normalized spacial score (nSPS) is 9.50. The van der Waals surface area contributed by atoms with E-state index < -0.39 is 0 Å². The zero-order valence-corrected chi connectivity index (χ0v) is 11.7. The summed E-state index contributed by atoms with van der Waals surface area (Å²) in [6.45, 7) is 5.01. The molecular formula is C16H17N3O. The Balaban J connectivity index is 2.21. The Labute approximate surface area is 119 Å². The summed E-state index contributed by atoms with van der Waals surface area (Å²) in [5.74, 6) is 6.98. The first kappa shape index (κ1) is 13.9. The Morgan fingerprint density at radius 3 is 2.70 bits per heavy atom. The molecular weight excluding hydrogens is 250 g/mol. The molecule has 20 heavy (non-hydrogen) atoms. The summed E-state index contributed by atoms with van der Waals surface area (Å²) in [5, 5.41) is 0. The summed E-state index contributed by atoms with van der Waals surface area (Å²) in [7, 11) is 0. The lowest BCUT2D eigenvalue weighted by atomic mass is 10.3. The second-order valence-electron chi connectivity index (χ2n) is 4.01. The van der Waals surface area contributed by atoms with Crippen molar-refractivity contribution in [2.75, 3.05) is 18.1 Å². The van der Waals surface area contributed by atoms with Crippen LogP contribution in [0.2, 0.25) is 0 Å². The van der Waals surface area contributed by atoms with Gasteiger partial charge in [-0.15, -0.1) is 5.92 Å². The van der Waals surface area contributed by atoms with Crippen LogP contribution in [-0.2, 0) is 0 Å². The van der Waals surface area contributed by atoms with Crippen molar-refractivity contribution in [2.24, 2.45) is 0 Å². The summed E-state index contributed by atoms with van der Waals surface area (Å²) in [6, 6.07) is 11.9. The largest absolute Gasteiger partial charge is 0.464 e. The van der Waals surface area contributed by atoms with E-state index in [0.29, 0.717) is 12.5 Å². The first-order valence-electron chi connectivity index (χ1n) is 6.52. The molecule has 0 aliphatic rings. The first-order chi connectivity index (χ1) is 9.85. The topological polar surface area (TPSA) is 38.2 Å². The van der Waals surface area contributed by atoms with Gasteiger partial charge in [0, 0.05) is 18.3 Å². The minimum Gasteiger partial charge on any atom is -0.464 e. The quantitative estimate of drug-likeness (QED) is 0.780. The highest BCUT2D eigenvalue weighted by Gasteiger charge is 2.09. The Morgan fingerprint density at radius 2 is 2.00 bits per heavy atom. The van der Waals surface area contributed by atoms with Gasteiger partial charge in [-0.1, -0.05) is 24.1 Å². The molecule has 0 aliphatic heterocycles. The molecule has 0 N–H and O–H groups in total. The van der Waals surface area contributed by atoms with E-state index in [1.54, 1.807) is 6.92 Å². The van der Waals surface area contributed by atoms with Gasteiger partial charge < -0.3 is 9.64 Å². The molecule has 0 radical (unpaired) electrons. The summed E-state index contributed by atoms with van der Waals surface area (Å²) < 4.78 is 5.47. The van der Waals surface area contributed by atoms with Crippen molar-refractivity contribution in [3.63, 3.8) is 0 Å². The summed E-state index contributed by atoms with van der Waals surface area (Å²) in [5.41, 5.74) is 1.09. The monoisotopic (exact) mass is 267 g/mol. The van der Waals surface area contributed by atoms with E-state index in [4.69, 9.17) is 4.74 Å². The average molecular weight is 267 g/mol. The van der Waals surface area contributed by atoms with Crippen molar-refractivity contribution in [1.82, 2.24) is 9.97 Å². The number of hydrogen-bond donors (Lipinski definition) is 0. The van der Waals surface area contributed by atoms with Crippen LogP contribution in [0.5, 0.6) is 5.88 Å².